The number of carboxylic acids is 1. The Bertz CT molecular complexity index is 809. The fraction of sp³-hybridized carbons (Fsp3) is 0.545. The molecule has 1 aromatic carbocycles. The van der Waals surface area contributed by atoms with E-state index in [9.17, 15) is 24.3 Å². The van der Waals surface area contributed by atoms with E-state index in [0.29, 0.717) is 19.4 Å². The summed E-state index contributed by atoms with van der Waals surface area (Å²) in [6, 6.07) is 6.18. The fourth-order valence-corrected chi connectivity index (χ4v) is 4.15. The Morgan fingerprint density at radius 3 is 2.48 bits per heavy atom. The van der Waals surface area contributed by atoms with Crippen LogP contribution in [0.3, 0.4) is 0 Å². The molecule has 31 heavy (non-hydrogen) atoms. The van der Waals surface area contributed by atoms with Crippen molar-refractivity contribution in [1.29, 1.82) is 0 Å². The first-order chi connectivity index (χ1) is 14.9. The normalized spacial score (nSPS) is 22.5. The van der Waals surface area contributed by atoms with Crippen molar-refractivity contribution >= 4 is 23.7 Å². The Balaban J connectivity index is 1.59. The second-order valence-electron chi connectivity index (χ2n) is 8.16. The van der Waals surface area contributed by atoms with E-state index in [-0.39, 0.29) is 24.3 Å². The minimum atomic E-state index is -1.13. The molecule has 2 aliphatic heterocycles. The zero-order valence-electron chi connectivity index (χ0n) is 17.7. The van der Waals surface area contributed by atoms with Crippen LogP contribution < -0.4 is 16.0 Å². The van der Waals surface area contributed by atoms with E-state index in [4.69, 9.17) is 0 Å². The Morgan fingerprint density at radius 2 is 1.84 bits per heavy atom. The van der Waals surface area contributed by atoms with Crippen molar-refractivity contribution < 1.29 is 24.3 Å². The van der Waals surface area contributed by atoms with Gasteiger partial charge in [-0.25, -0.2) is 4.79 Å². The van der Waals surface area contributed by atoms with E-state index < -0.39 is 30.0 Å². The van der Waals surface area contributed by atoms with E-state index in [1.54, 1.807) is 19.1 Å². The summed E-state index contributed by atoms with van der Waals surface area (Å²) in [5, 5.41) is 18.0. The number of benzene rings is 1. The molecule has 168 valence electrons. The number of likely N-dealkylation sites (tertiary alicyclic amines) is 1. The zero-order valence-corrected chi connectivity index (χ0v) is 17.7. The molecule has 0 radical (unpaired) electrons. The maximum absolute atomic E-state index is 12.9. The number of amides is 3. The van der Waals surface area contributed by atoms with Gasteiger partial charge in [0.2, 0.25) is 17.7 Å². The molecule has 9 heteroatoms. The second-order valence-corrected chi connectivity index (χ2v) is 8.16. The smallest absolute Gasteiger partial charge is 0.326 e. The number of rotatable bonds is 8. The van der Waals surface area contributed by atoms with Crippen molar-refractivity contribution in [1.82, 2.24) is 20.9 Å². The molecule has 0 unspecified atom stereocenters. The molecule has 4 N–H and O–H groups in total. The molecule has 0 aromatic heterocycles. The lowest BCUT2D eigenvalue weighted by atomic mass is 10.1. The van der Waals surface area contributed by atoms with Crippen LogP contribution in [0.25, 0.3) is 0 Å². The highest BCUT2D eigenvalue weighted by Gasteiger charge is 2.38. The lowest BCUT2D eigenvalue weighted by molar-refractivity contribution is -0.144. The Hall–Kier alpha value is -2.94. The van der Waals surface area contributed by atoms with E-state index in [1.807, 2.05) is 18.2 Å². The van der Waals surface area contributed by atoms with Gasteiger partial charge in [-0.05, 0) is 44.7 Å². The van der Waals surface area contributed by atoms with Crippen LogP contribution in [0.1, 0.15) is 38.2 Å². The average Bonchev–Trinajstić information content (AvgIpc) is 3.45. The first-order valence-corrected chi connectivity index (χ1v) is 10.8. The third-order valence-corrected chi connectivity index (χ3v) is 5.84. The Labute approximate surface area is 181 Å². The molecular formula is C22H30N4O5. The van der Waals surface area contributed by atoms with Crippen LogP contribution in [0.4, 0.5) is 0 Å². The highest BCUT2D eigenvalue weighted by molar-refractivity contribution is 5.94. The predicted octanol–water partition coefficient (Wildman–Crippen LogP) is 0.0462. The number of carbonyl (C=O) groups is 4. The first-order valence-electron chi connectivity index (χ1n) is 10.8. The number of aliphatic carboxylic acids is 1. The Morgan fingerprint density at radius 1 is 1.10 bits per heavy atom. The summed E-state index contributed by atoms with van der Waals surface area (Å²) in [6.45, 7) is 2.79. The molecule has 0 aliphatic carbocycles. The van der Waals surface area contributed by atoms with E-state index >= 15 is 0 Å². The van der Waals surface area contributed by atoms with Crippen LogP contribution in [0, 0.1) is 0 Å². The number of hydrogen-bond acceptors (Lipinski definition) is 5. The lowest BCUT2D eigenvalue weighted by Gasteiger charge is -2.28. The number of carbonyl (C=O) groups excluding carboxylic acids is 3. The molecule has 3 rings (SSSR count). The predicted molar refractivity (Wildman–Crippen MR) is 113 cm³/mol. The molecule has 0 saturated carbocycles. The molecule has 1 aromatic rings. The third kappa shape index (κ3) is 5.81. The summed E-state index contributed by atoms with van der Waals surface area (Å²) in [5.74, 6) is -2.16. The quantitative estimate of drug-likeness (QED) is 0.461. The lowest BCUT2D eigenvalue weighted by Crippen LogP contribution is -2.56. The summed E-state index contributed by atoms with van der Waals surface area (Å²) in [4.78, 5) is 51.2. The highest BCUT2D eigenvalue weighted by Crippen LogP contribution is 2.19. The van der Waals surface area contributed by atoms with Gasteiger partial charge in [-0.3, -0.25) is 14.4 Å². The maximum Gasteiger partial charge on any atom is 0.326 e. The van der Waals surface area contributed by atoms with Crippen molar-refractivity contribution in [3.63, 3.8) is 0 Å². The summed E-state index contributed by atoms with van der Waals surface area (Å²) in [5.41, 5.74) is 0.798. The van der Waals surface area contributed by atoms with Crippen LogP contribution in [0.15, 0.2) is 30.3 Å². The fourth-order valence-electron chi connectivity index (χ4n) is 4.15. The molecule has 2 aliphatic rings. The van der Waals surface area contributed by atoms with Crippen molar-refractivity contribution in [2.45, 2.75) is 63.2 Å². The molecule has 4 atom stereocenters. The van der Waals surface area contributed by atoms with E-state index in [1.165, 1.54) is 4.90 Å². The van der Waals surface area contributed by atoms with Gasteiger partial charge in [-0.1, -0.05) is 30.3 Å². The first kappa shape index (κ1) is 22.7. The SMILES string of the molecule is C[C@H](NC(=O)[C@@H]1CCCN1)C(=O)N1CCC[C@H]1C(=O)N[C@@H](Cc1ccccc1)C(=O)O. The van der Waals surface area contributed by atoms with E-state index in [2.05, 4.69) is 16.0 Å². The van der Waals surface area contributed by atoms with E-state index in [0.717, 1.165) is 24.9 Å². The molecule has 3 amide bonds. The molecular weight excluding hydrogens is 400 g/mol. The van der Waals surface area contributed by atoms with Crippen LogP contribution in [-0.4, -0.2) is 71.0 Å². The topological polar surface area (TPSA) is 128 Å². The van der Waals surface area contributed by atoms with Crippen LogP contribution >= 0.6 is 0 Å². The van der Waals surface area contributed by atoms with Crippen LogP contribution in [0.2, 0.25) is 0 Å². The highest BCUT2D eigenvalue weighted by atomic mass is 16.4. The standard InChI is InChI=1S/C22H30N4O5/c1-14(24-19(27)16-9-5-11-23-16)21(29)26-12-6-10-18(26)20(28)25-17(22(30)31)13-15-7-3-2-4-8-15/h2-4,7-8,14,16-18,23H,5-6,9-13H2,1H3,(H,24,27)(H,25,28)(H,30,31)/t14-,16-,17-,18-/m0/s1. The molecule has 2 saturated heterocycles. The summed E-state index contributed by atoms with van der Waals surface area (Å²) in [7, 11) is 0. The molecule has 0 bridgehead atoms. The monoisotopic (exact) mass is 430 g/mol. The third-order valence-electron chi connectivity index (χ3n) is 5.84. The zero-order chi connectivity index (χ0) is 22.4. The van der Waals surface area contributed by atoms with Gasteiger partial charge in [0.05, 0.1) is 6.04 Å². The maximum atomic E-state index is 12.9. The van der Waals surface area contributed by atoms with Gasteiger partial charge in [-0.2, -0.15) is 0 Å². The van der Waals surface area contributed by atoms with Crippen LogP contribution in [0.5, 0.6) is 0 Å². The average molecular weight is 431 g/mol. The van der Waals surface area contributed by atoms with Gasteiger partial charge in [0.15, 0.2) is 0 Å². The molecule has 9 nitrogen and oxygen atoms in total. The molecule has 2 heterocycles. The molecule has 2 fully saturated rings. The Kier molecular flexibility index (Phi) is 7.62. The number of nitrogens with zero attached hydrogens (tertiary/aromatic N) is 1. The number of carboxylic acid groups (broad SMARTS) is 1. The minimum Gasteiger partial charge on any atom is -0.480 e. The van der Waals surface area contributed by atoms with Gasteiger partial charge in [0.25, 0.3) is 0 Å². The minimum absolute atomic E-state index is 0.156. The van der Waals surface area contributed by atoms with Crippen LogP contribution in [-0.2, 0) is 25.6 Å². The van der Waals surface area contributed by atoms with Gasteiger partial charge in [-0.15, -0.1) is 0 Å². The van der Waals surface area contributed by atoms with Crippen molar-refractivity contribution in [3.8, 4) is 0 Å². The summed E-state index contributed by atoms with van der Waals surface area (Å²) >= 11 is 0. The largest absolute Gasteiger partial charge is 0.480 e. The van der Waals surface area contributed by atoms with Gasteiger partial charge < -0.3 is 26.0 Å². The van der Waals surface area contributed by atoms with Gasteiger partial charge >= 0.3 is 5.97 Å². The van der Waals surface area contributed by atoms with Crippen molar-refractivity contribution in [3.05, 3.63) is 35.9 Å². The number of nitrogens with one attached hydrogen (secondary N) is 3. The second kappa shape index (κ2) is 10.4. The van der Waals surface area contributed by atoms with Crippen molar-refractivity contribution in [2.24, 2.45) is 0 Å². The van der Waals surface area contributed by atoms with Crippen molar-refractivity contribution in [2.75, 3.05) is 13.1 Å². The molecule has 0 spiro atoms. The van der Waals surface area contributed by atoms with Gasteiger partial charge in [0, 0.05) is 13.0 Å². The summed E-state index contributed by atoms with van der Waals surface area (Å²) in [6.07, 6.45) is 2.91. The summed E-state index contributed by atoms with van der Waals surface area (Å²) < 4.78 is 0. The number of hydrogen-bond donors (Lipinski definition) is 4. The van der Waals surface area contributed by atoms with Gasteiger partial charge in [0.1, 0.15) is 18.1 Å².